The molecule has 0 atom stereocenters. The standard InChI is InChI=1S/C9H11ClN6O2S/c1-15-6(10)3-11-7(15)5-19-9-12-13-14-16(9)4-8(17)18-2/h3H,4-5H2,1-2H3. The van der Waals surface area contributed by atoms with E-state index in [4.69, 9.17) is 11.6 Å². The number of methoxy groups -OCH3 is 1. The van der Waals surface area contributed by atoms with Crippen LogP contribution in [0, 0.1) is 0 Å². The molecule has 10 heteroatoms. The Labute approximate surface area is 118 Å². The van der Waals surface area contributed by atoms with Crippen LogP contribution in [0.3, 0.4) is 0 Å². The summed E-state index contributed by atoms with van der Waals surface area (Å²) in [5, 5.41) is 12.2. The fourth-order valence-electron chi connectivity index (χ4n) is 1.27. The van der Waals surface area contributed by atoms with Crippen molar-refractivity contribution in [2.24, 2.45) is 7.05 Å². The molecule has 0 unspecified atom stereocenters. The van der Waals surface area contributed by atoms with Crippen molar-refractivity contribution in [3.05, 3.63) is 17.2 Å². The molecule has 0 bridgehead atoms. The molecule has 0 fully saturated rings. The van der Waals surface area contributed by atoms with Crippen molar-refractivity contribution in [1.82, 2.24) is 29.8 Å². The maximum Gasteiger partial charge on any atom is 0.327 e. The van der Waals surface area contributed by atoms with Gasteiger partial charge in [0.15, 0.2) is 0 Å². The Kier molecular flexibility index (Phi) is 4.38. The molecule has 0 aliphatic heterocycles. The molecule has 0 aromatic carbocycles. The minimum absolute atomic E-state index is 0.0207. The minimum atomic E-state index is -0.408. The summed E-state index contributed by atoms with van der Waals surface area (Å²) in [5.41, 5.74) is 0. The van der Waals surface area contributed by atoms with Crippen LogP contribution >= 0.6 is 23.4 Å². The highest BCUT2D eigenvalue weighted by molar-refractivity contribution is 7.98. The number of esters is 1. The van der Waals surface area contributed by atoms with Gasteiger partial charge in [0, 0.05) is 7.05 Å². The number of hydrogen-bond acceptors (Lipinski definition) is 7. The highest BCUT2D eigenvalue weighted by Crippen LogP contribution is 2.20. The van der Waals surface area contributed by atoms with Gasteiger partial charge in [0.05, 0.1) is 19.1 Å². The van der Waals surface area contributed by atoms with Gasteiger partial charge < -0.3 is 9.30 Å². The summed E-state index contributed by atoms with van der Waals surface area (Å²) in [6.07, 6.45) is 1.58. The SMILES string of the molecule is COC(=O)Cn1nnnc1SCc1ncc(Cl)n1C. The normalized spacial score (nSPS) is 10.7. The second-order valence-corrected chi connectivity index (χ2v) is 4.87. The number of ether oxygens (including phenoxy) is 1. The molecule has 0 N–H and O–H groups in total. The van der Waals surface area contributed by atoms with Crippen LogP contribution in [-0.4, -0.2) is 42.8 Å². The number of carbonyl (C=O) groups excluding carboxylic acids is 1. The van der Waals surface area contributed by atoms with E-state index >= 15 is 0 Å². The van der Waals surface area contributed by atoms with Gasteiger partial charge in [0.25, 0.3) is 0 Å². The Morgan fingerprint density at radius 1 is 1.58 bits per heavy atom. The van der Waals surface area contributed by atoms with Crippen LogP contribution in [0.15, 0.2) is 11.4 Å². The number of aromatic nitrogens is 6. The fraction of sp³-hybridized carbons (Fsp3) is 0.444. The number of tetrazole rings is 1. The lowest BCUT2D eigenvalue weighted by Crippen LogP contribution is -2.13. The highest BCUT2D eigenvalue weighted by Gasteiger charge is 2.13. The van der Waals surface area contributed by atoms with E-state index in [0.29, 0.717) is 16.1 Å². The molecular formula is C9H11ClN6O2S. The number of nitrogens with zero attached hydrogens (tertiary/aromatic N) is 6. The first-order valence-electron chi connectivity index (χ1n) is 5.23. The molecule has 19 heavy (non-hydrogen) atoms. The first kappa shape index (κ1) is 13.8. The molecule has 0 aliphatic rings. The van der Waals surface area contributed by atoms with Crippen molar-refractivity contribution in [2.75, 3.05) is 7.11 Å². The van der Waals surface area contributed by atoms with Crippen LogP contribution in [0.25, 0.3) is 0 Å². The third-order valence-electron chi connectivity index (χ3n) is 2.36. The van der Waals surface area contributed by atoms with Crippen molar-refractivity contribution < 1.29 is 9.53 Å². The lowest BCUT2D eigenvalue weighted by molar-refractivity contribution is -0.141. The molecule has 0 spiro atoms. The Balaban J connectivity index is 2.02. The topological polar surface area (TPSA) is 87.7 Å². The summed E-state index contributed by atoms with van der Waals surface area (Å²) in [4.78, 5) is 15.3. The number of halogens is 1. The third-order valence-corrected chi connectivity index (χ3v) is 3.67. The van der Waals surface area contributed by atoms with Crippen molar-refractivity contribution in [3.8, 4) is 0 Å². The van der Waals surface area contributed by atoms with Gasteiger partial charge in [-0.3, -0.25) is 4.79 Å². The number of carbonyl (C=O) groups is 1. The lowest BCUT2D eigenvalue weighted by atomic mass is 10.7. The van der Waals surface area contributed by atoms with E-state index in [1.807, 2.05) is 7.05 Å². The summed E-state index contributed by atoms with van der Waals surface area (Å²) in [5.74, 6) is 0.932. The molecule has 0 saturated carbocycles. The van der Waals surface area contributed by atoms with Gasteiger partial charge in [-0.15, -0.1) is 5.10 Å². The van der Waals surface area contributed by atoms with E-state index in [1.165, 1.54) is 23.6 Å². The fourth-order valence-corrected chi connectivity index (χ4v) is 2.29. The first-order chi connectivity index (χ1) is 9.11. The summed E-state index contributed by atoms with van der Waals surface area (Å²) >= 11 is 7.26. The number of rotatable bonds is 5. The van der Waals surface area contributed by atoms with Crippen LogP contribution in [0.2, 0.25) is 5.15 Å². The van der Waals surface area contributed by atoms with Gasteiger partial charge in [-0.1, -0.05) is 23.4 Å². The van der Waals surface area contributed by atoms with E-state index in [-0.39, 0.29) is 6.54 Å². The van der Waals surface area contributed by atoms with Crippen LogP contribution < -0.4 is 0 Å². The maximum absolute atomic E-state index is 11.2. The van der Waals surface area contributed by atoms with Gasteiger partial charge in [0.2, 0.25) is 5.16 Å². The Morgan fingerprint density at radius 3 is 3.00 bits per heavy atom. The van der Waals surface area contributed by atoms with Crippen LogP contribution in [-0.2, 0) is 28.9 Å². The average molecular weight is 303 g/mol. The molecule has 2 aromatic rings. The summed E-state index contributed by atoms with van der Waals surface area (Å²) in [7, 11) is 3.14. The molecule has 102 valence electrons. The Morgan fingerprint density at radius 2 is 2.37 bits per heavy atom. The number of imidazole rings is 1. The van der Waals surface area contributed by atoms with E-state index in [0.717, 1.165) is 5.82 Å². The smallest absolute Gasteiger partial charge is 0.327 e. The summed E-state index contributed by atoms with van der Waals surface area (Å²) in [6, 6.07) is 0. The Bertz CT molecular complexity index is 583. The van der Waals surface area contributed by atoms with Crippen LogP contribution in [0.1, 0.15) is 5.82 Å². The average Bonchev–Trinajstić information content (AvgIpc) is 2.96. The van der Waals surface area contributed by atoms with Crippen molar-refractivity contribution in [1.29, 1.82) is 0 Å². The second-order valence-electron chi connectivity index (χ2n) is 3.54. The molecule has 2 aromatic heterocycles. The number of thioether (sulfide) groups is 1. The van der Waals surface area contributed by atoms with E-state index in [1.54, 1.807) is 10.8 Å². The van der Waals surface area contributed by atoms with Crippen molar-refractivity contribution in [2.45, 2.75) is 17.5 Å². The molecule has 2 rings (SSSR count). The van der Waals surface area contributed by atoms with E-state index in [9.17, 15) is 4.79 Å². The molecule has 0 radical (unpaired) electrons. The highest BCUT2D eigenvalue weighted by atomic mass is 35.5. The molecule has 8 nitrogen and oxygen atoms in total. The zero-order chi connectivity index (χ0) is 13.8. The van der Waals surface area contributed by atoms with Gasteiger partial charge >= 0.3 is 5.97 Å². The number of hydrogen-bond donors (Lipinski definition) is 0. The lowest BCUT2D eigenvalue weighted by Gasteiger charge is -2.03. The van der Waals surface area contributed by atoms with Crippen LogP contribution in [0.4, 0.5) is 0 Å². The zero-order valence-electron chi connectivity index (χ0n) is 10.3. The van der Waals surface area contributed by atoms with Gasteiger partial charge in [-0.05, 0) is 10.4 Å². The summed E-state index contributed by atoms with van der Waals surface area (Å²) < 4.78 is 7.71. The molecule has 0 amide bonds. The predicted octanol–water partition coefficient (Wildman–Crippen LogP) is 0.525. The van der Waals surface area contributed by atoms with Crippen LogP contribution in [0.5, 0.6) is 0 Å². The van der Waals surface area contributed by atoms with Gasteiger partial charge in [-0.2, -0.15) is 0 Å². The zero-order valence-corrected chi connectivity index (χ0v) is 11.8. The molecule has 2 heterocycles. The van der Waals surface area contributed by atoms with Crippen molar-refractivity contribution in [3.63, 3.8) is 0 Å². The molecule has 0 saturated heterocycles. The van der Waals surface area contributed by atoms with E-state index in [2.05, 4.69) is 25.2 Å². The first-order valence-corrected chi connectivity index (χ1v) is 6.60. The van der Waals surface area contributed by atoms with E-state index < -0.39 is 5.97 Å². The largest absolute Gasteiger partial charge is 0.468 e. The maximum atomic E-state index is 11.2. The predicted molar refractivity (Wildman–Crippen MR) is 67.6 cm³/mol. The molecular weight excluding hydrogens is 292 g/mol. The minimum Gasteiger partial charge on any atom is -0.468 e. The quantitative estimate of drug-likeness (QED) is 0.588. The third kappa shape index (κ3) is 3.24. The Hall–Kier alpha value is -1.61. The molecule has 0 aliphatic carbocycles. The van der Waals surface area contributed by atoms with Gasteiger partial charge in [0.1, 0.15) is 17.5 Å². The summed E-state index contributed by atoms with van der Waals surface area (Å²) in [6.45, 7) is -0.0207. The second kappa shape index (κ2) is 6.02. The van der Waals surface area contributed by atoms with Gasteiger partial charge in [-0.25, -0.2) is 9.67 Å². The monoisotopic (exact) mass is 302 g/mol. The van der Waals surface area contributed by atoms with Crippen molar-refractivity contribution >= 4 is 29.3 Å².